The minimum Gasteiger partial charge on any atom is -0.478 e. The van der Waals surface area contributed by atoms with Crippen LogP contribution in [-0.2, 0) is 0 Å². The van der Waals surface area contributed by atoms with Crippen molar-refractivity contribution in [2.75, 3.05) is 5.32 Å². The second kappa shape index (κ2) is 5.52. The number of anilines is 1. The van der Waals surface area contributed by atoms with Gasteiger partial charge in [0.1, 0.15) is 5.82 Å². The van der Waals surface area contributed by atoms with E-state index in [9.17, 15) is 14.0 Å². The zero-order valence-electron chi connectivity index (χ0n) is 10.7. The first-order valence-corrected chi connectivity index (χ1v) is 5.89. The zero-order valence-corrected chi connectivity index (χ0v) is 10.7. The molecule has 0 saturated heterocycles. The Morgan fingerprint density at radius 3 is 2.40 bits per heavy atom. The average molecular weight is 273 g/mol. The van der Waals surface area contributed by atoms with Gasteiger partial charge in [0, 0.05) is 5.56 Å². The Balaban J connectivity index is 2.29. The summed E-state index contributed by atoms with van der Waals surface area (Å²) in [6.07, 6.45) is 0. The van der Waals surface area contributed by atoms with E-state index in [1.165, 1.54) is 30.3 Å². The summed E-state index contributed by atoms with van der Waals surface area (Å²) in [5, 5.41) is 11.3. The molecule has 0 fully saturated rings. The molecule has 2 aromatic rings. The van der Waals surface area contributed by atoms with E-state index in [1.54, 1.807) is 19.1 Å². The molecule has 2 aromatic carbocycles. The van der Waals surface area contributed by atoms with Crippen molar-refractivity contribution in [2.24, 2.45) is 0 Å². The van der Waals surface area contributed by atoms with E-state index in [1.807, 2.05) is 0 Å². The Morgan fingerprint density at radius 1 is 1.10 bits per heavy atom. The van der Waals surface area contributed by atoms with Crippen LogP contribution in [0, 0.1) is 12.7 Å². The van der Waals surface area contributed by atoms with Gasteiger partial charge in [-0.15, -0.1) is 0 Å². The number of carboxylic acid groups (broad SMARTS) is 1. The van der Waals surface area contributed by atoms with Crippen molar-refractivity contribution in [2.45, 2.75) is 6.92 Å². The van der Waals surface area contributed by atoms with E-state index >= 15 is 0 Å². The average Bonchev–Trinajstić information content (AvgIpc) is 2.43. The lowest BCUT2D eigenvalue weighted by Crippen LogP contribution is -2.14. The first kappa shape index (κ1) is 13.7. The first-order valence-electron chi connectivity index (χ1n) is 5.89. The van der Waals surface area contributed by atoms with Crippen molar-refractivity contribution in [3.05, 3.63) is 65.0 Å². The second-order valence-electron chi connectivity index (χ2n) is 4.27. The molecule has 2 rings (SSSR count). The second-order valence-corrected chi connectivity index (χ2v) is 4.27. The van der Waals surface area contributed by atoms with Crippen molar-refractivity contribution >= 4 is 17.6 Å². The normalized spacial score (nSPS) is 10.1. The number of hydrogen-bond donors (Lipinski definition) is 2. The fourth-order valence-electron chi connectivity index (χ4n) is 1.77. The molecule has 0 spiro atoms. The standard InChI is InChI=1S/C15H12FNO3/c1-9-4-2-7-12(16)13(9)17-14(18)10-5-3-6-11(8-10)15(19)20/h2-8H,1H3,(H,17,18)(H,19,20). The minimum atomic E-state index is -1.12. The first-order chi connectivity index (χ1) is 9.49. The van der Waals surface area contributed by atoms with E-state index in [-0.39, 0.29) is 16.8 Å². The number of carbonyl (C=O) groups is 2. The lowest BCUT2D eigenvalue weighted by molar-refractivity contribution is 0.0697. The lowest BCUT2D eigenvalue weighted by Gasteiger charge is -2.09. The summed E-state index contributed by atoms with van der Waals surface area (Å²) in [5.74, 6) is -2.21. The van der Waals surface area contributed by atoms with Crippen LogP contribution in [0.1, 0.15) is 26.3 Å². The largest absolute Gasteiger partial charge is 0.478 e. The molecule has 0 bridgehead atoms. The molecular formula is C15H12FNO3. The molecule has 0 aliphatic rings. The molecule has 20 heavy (non-hydrogen) atoms. The van der Waals surface area contributed by atoms with Crippen LogP contribution in [0.5, 0.6) is 0 Å². The fraction of sp³-hybridized carbons (Fsp3) is 0.0667. The number of benzene rings is 2. The summed E-state index contributed by atoms with van der Waals surface area (Å²) >= 11 is 0. The highest BCUT2D eigenvalue weighted by Gasteiger charge is 2.13. The summed E-state index contributed by atoms with van der Waals surface area (Å²) in [6.45, 7) is 1.67. The molecule has 1 amide bonds. The summed E-state index contributed by atoms with van der Waals surface area (Å²) < 4.78 is 13.6. The molecule has 2 N–H and O–H groups in total. The van der Waals surface area contributed by atoms with Gasteiger partial charge in [-0.2, -0.15) is 0 Å². The van der Waals surface area contributed by atoms with Crippen LogP contribution in [0.4, 0.5) is 10.1 Å². The SMILES string of the molecule is Cc1cccc(F)c1NC(=O)c1cccc(C(=O)O)c1. The third-order valence-corrected chi connectivity index (χ3v) is 2.83. The smallest absolute Gasteiger partial charge is 0.335 e. The molecule has 0 unspecified atom stereocenters. The van der Waals surface area contributed by atoms with Crippen LogP contribution in [-0.4, -0.2) is 17.0 Å². The summed E-state index contributed by atoms with van der Waals surface area (Å²) in [7, 11) is 0. The van der Waals surface area contributed by atoms with E-state index in [4.69, 9.17) is 5.11 Å². The van der Waals surface area contributed by atoms with Gasteiger partial charge in [-0.1, -0.05) is 18.2 Å². The maximum absolute atomic E-state index is 13.6. The number of rotatable bonds is 3. The Labute approximate surface area is 114 Å². The van der Waals surface area contributed by atoms with Crippen LogP contribution in [0.15, 0.2) is 42.5 Å². The maximum atomic E-state index is 13.6. The molecule has 5 heteroatoms. The van der Waals surface area contributed by atoms with E-state index in [0.717, 1.165) is 0 Å². The van der Waals surface area contributed by atoms with Crippen molar-refractivity contribution in [3.8, 4) is 0 Å². The van der Waals surface area contributed by atoms with E-state index < -0.39 is 17.7 Å². The van der Waals surface area contributed by atoms with Gasteiger partial charge in [-0.3, -0.25) is 4.79 Å². The molecule has 0 radical (unpaired) electrons. The third kappa shape index (κ3) is 2.83. The fourth-order valence-corrected chi connectivity index (χ4v) is 1.77. The Kier molecular flexibility index (Phi) is 3.79. The van der Waals surface area contributed by atoms with Crippen LogP contribution >= 0.6 is 0 Å². The molecular weight excluding hydrogens is 261 g/mol. The molecule has 0 aliphatic carbocycles. The van der Waals surface area contributed by atoms with Crippen molar-refractivity contribution in [1.82, 2.24) is 0 Å². The number of halogens is 1. The van der Waals surface area contributed by atoms with Crippen LogP contribution in [0.3, 0.4) is 0 Å². The lowest BCUT2D eigenvalue weighted by atomic mass is 10.1. The highest BCUT2D eigenvalue weighted by molar-refractivity contribution is 6.05. The van der Waals surface area contributed by atoms with Crippen LogP contribution in [0.2, 0.25) is 0 Å². The minimum absolute atomic E-state index is 0.00269. The Bertz CT molecular complexity index is 662. The predicted octanol–water partition coefficient (Wildman–Crippen LogP) is 3.08. The topological polar surface area (TPSA) is 66.4 Å². The predicted molar refractivity (Wildman–Crippen MR) is 72.5 cm³/mol. The van der Waals surface area contributed by atoms with Gasteiger partial charge in [-0.05, 0) is 36.8 Å². The van der Waals surface area contributed by atoms with Gasteiger partial charge < -0.3 is 10.4 Å². The number of para-hydroxylation sites is 1. The number of carbonyl (C=O) groups excluding carboxylic acids is 1. The highest BCUT2D eigenvalue weighted by Crippen LogP contribution is 2.19. The van der Waals surface area contributed by atoms with Crippen molar-refractivity contribution in [3.63, 3.8) is 0 Å². The molecule has 102 valence electrons. The van der Waals surface area contributed by atoms with Gasteiger partial charge in [0.05, 0.1) is 11.3 Å². The van der Waals surface area contributed by atoms with E-state index in [2.05, 4.69) is 5.32 Å². The Hall–Kier alpha value is -2.69. The number of hydrogen-bond acceptors (Lipinski definition) is 2. The molecule has 0 atom stereocenters. The maximum Gasteiger partial charge on any atom is 0.335 e. The van der Waals surface area contributed by atoms with Gasteiger partial charge in [0.25, 0.3) is 5.91 Å². The van der Waals surface area contributed by atoms with Crippen molar-refractivity contribution < 1.29 is 19.1 Å². The van der Waals surface area contributed by atoms with Crippen molar-refractivity contribution in [1.29, 1.82) is 0 Å². The quantitative estimate of drug-likeness (QED) is 0.903. The number of carboxylic acids is 1. The van der Waals surface area contributed by atoms with Crippen LogP contribution in [0.25, 0.3) is 0 Å². The monoisotopic (exact) mass is 273 g/mol. The molecule has 0 aliphatic heterocycles. The van der Waals surface area contributed by atoms with Gasteiger partial charge in [0.2, 0.25) is 0 Å². The van der Waals surface area contributed by atoms with Crippen LogP contribution < -0.4 is 5.32 Å². The van der Waals surface area contributed by atoms with Gasteiger partial charge in [-0.25, -0.2) is 9.18 Å². The third-order valence-electron chi connectivity index (χ3n) is 2.83. The molecule has 0 saturated carbocycles. The highest BCUT2D eigenvalue weighted by atomic mass is 19.1. The summed E-state index contributed by atoms with van der Waals surface area (Å²) in [5.41, 5.74) is 0.849. The van der Waals surface area contributed by atoms with E-state index in [0.29, 0.717) is 5.56 Å². The Morgan fingerprint density at radius 2 is 1.75 bits per heavy atom. The number of aromatic carboxylic acids is 1. The van der Waals surface area contributed by atoms with Gasteiger partial charge >= 0.3 is 5.97 Å². The summed E-state index contributed by atoms with van der Waals surface area (Å²) in [4.78, 5) is 22.9. The summed E-state index contributed by atoms with van der Waals surface area (Å²) in [6, 6.07) is 10.0. The molecule has 4 nitrogen and oxygen atoms in total. The number of amides is 1. The van der Waals surface area contributed by atoms with Gasteiger partial charge in [0.15, 0.2) is 0 Å². The molecule has 0 heterocycles. The molecule has 0 aromatic heterocycles. The zero-order chi connectivity index (χ0) is 14.7. The number of nitrogens with one attached hydrogen (secondary N) is 1. The number of aryl methyl sites for hydroxylation is 1.